The minimum Gasteiger partial charge on any atom is -0.384 e. The van der Waals surface area contributed by atoms with Crippen molar-refractivity contribution in [3.63, 3.8) is 0 Å². The van der Waals surface area contributed by atoms with Gasteiger partial charge in [-0.15, -0.1) is 16.4 Å². The molecule has 6 heteroatoms. The van der Waals surface area contributed by atoms with Crippen molar-refractivity contribution in [1.29, 1.82) is 5.41 Å². The summed E-state index contributed by atoms with van der Waals surface area (Å²) in [6.07, 6.45) is 2.33. The van der Waals surface area contributed by atoms with Gasteiger partial charge in [-0.2, -0.15) is 5.10 Å². The van der Waals surface area contributed by atoms with E-state index in [4.69, 9.17) is 11.1 Å². The molecule has 3 N–H and O–H groups in total. The molecule has 1 aliphatic carbocycles. The first-order valence-electron chi connectivity index (χ1n) is 7.05. The Morgan fingerprint density at radius 2 is 2.19 bits per heavy atom. The zero-order chi connectivity index (χ0) is 15.0. The van der Waals surface area contributed by atoms with Crippen LogP contribution in [-0.2, 0) is 6.54 Å². The minimum atomic E-state index is 0.0670. The predicted octanol–water partition coefficient (Wildman–Crippen LogP) is 2.61. The second-order valence-corrected chi connectivity index (χ2v) is 6.49. The van der Waals surface area contributed by atoms with E-state index in [1.54, 1.807) is 11.3 Å². The Labute approximate surface area is 128 Å². The van der Waals surface area contributed by atoms with Crippen molar-refractivity contribution in [2.24, 2.45) is 5.73 Å². The van der Waals surface area contributed by atoms with Crippen molar-refractivity contribution in [2.45, 2.75) is 39.3 Å². The molecule has 3 rings (SSSR count). The maximum absolute atomic E-state index is 7.90. The van der Waals surface area contributed by atoms with Crippen molar-refractivity contribution < 1.29 is 0 Å². The third kappa shape index (κ3) is 2.76. The van der Waals surface area contributed by atoms with E-state index in [2.05, 4.69) is 32.6 Å². The Balaban J connectivity index is 2.03. The Morgan fingerprint density at radius 3 is 2.76 bits per heavy atom. The molecule has 1 fully saturated rings. The molecule has 0 bridgehead atoms. The normalized spacial score (nSPS) is 14.2. The molecule has 5 nitrogen and oxygen atoms in total. The van der Waals surface area contributed by atoms with Gasteiger partial charge in [0, 0.05) is 10.9 Å². The number of nitrogen functional groups attached to an aromatic ring is 1. The van der Waals surface area contributed by atoms with Gasteiger partial charge in [-0.25, -0.2) is 0 Å². The van der Waals surface area contributed by atoms with Crippen LogP contribution in [-0.4, -0.2) is 22.1 Å². The molecule has 0 saturated heterocycles. The van der Waals surface area contributed by atoms with Crippen molar-refractivity contribution in [2.75, 3.05) is 4.90 Å². The number of nitrogens with two attached hydrogens (primary N) is 1. The first-order chi connectivity index (χ1) is 10.1. The first-order valence-corrected chi connectivity index (χ1v) is 7.93. The summed E-state index contributed by atoms with van der Waals surface area (Å²) < 4.78 is 0. The third-order valence-electron chi connectivity index (χ3n) is 3.87. The number of hydrogen-bond donors (Lipinski definition) is 2. The zero-order valence-electron chi connectivity index (χ0n) is 12.3. The summed E-state index contributed by atoms with van der Waals surface area (Å²) >= 11 is 1.74. The van der Waals surface area contributed by atoms with Gasteiger partial charge in [0.15, 0.2) is 5.82 Å². The highest BCUT2D eigenvalue weighted by Crippen LogP contribution is 2.35. The Bertz CT molecular complexity index is 661. The number of hydrogen-bond acceptors (Lipinski definition) is 5. The summed E-state index contributed by atoms with van der Waals surface area (Å²) in [7, 11) is 0. The van der Waals surface area contributed by atoms with Gasteiger partial charge in [-0.1, -0.05) is 6.07 Å². The molecule has 0 unspecified atom stereocenters. The first kappa shape index (κ1) is 14.0. The summed E-state index contributed by atoms with van der Waals surface area (Å²) in [6.45, 7) is 4.67. The highest BCUT2D eigenvalue weighted by Gasteiger charge is 2.33. The van der Waals surface area contributed by atoms with E-state index in [-0.39, 0.29) is 5.84 Å². The fraction of sp³-hybridized carbons (Fsp3) is 0.400. The van der Waals surface area contributed by atoms with E-state index in [1.165, 1.54) is 4.88 Å². The van der Waals surface area contributed by atoms with Gasteiger partial charge in [-0.3, -0.25) is 5.41 Å². The number of nitrogens with one attached hydrogen (secondary N) is 1. The van der Waals surface area contributed by atoms with Crippen molar-refractivity contribution in [3.05, 3.63) is 39.2 Å². The molecule has 1 saturated carbocycles. The quantitative estimate of drug-likeness (QED) is 0.657. The van der Waals surface area contributed by atoms with E-state index in [0.717, 1.165) is 42.0 Å². The third-order valence-corrected chi connectivity index (χ3v) is 4.73. The number of thiophene rings is 1. The molecule has 1 aliphatic rings. The molecular weight excluding hydrogens is 282 g/mol. The number of aryl methyl sites for hydroxylation is 1. The number of amidine groups is 1. The summed E-state index contributed by atoms with van der Waals surface area (Å²) in [4.78, 5) is 3.54. The van der Waals surface area contributed by atoms with Gasteiger partial charge in [0.25, 0.3) is 0 Å². The predicted molar refractivity (Wildman–Crippen MR) is 86.0 cm³/mol. The lowest BCUT2D eigenvalue weighted by molar-refractivity contribution is 0.763. The molecule has 2 aromatic rings. The van der Waals surface area contributed by atoms with Gasteiger partial charge in [-0.05, 0) is 43.7 Å². The molecule has 0 atom stereocenters. The largest absolute Gasteiger partial charge is 0.384 e. The number of aromatic nitrogens is 2. The second-order valence-electron chi connectivity index (χ2n) is 5.46. The number of anilines is 1. The summed E-state index contributed by atoms with van der Waals surface area (Å²) in [5.41, 5.74) is 8.31. The second kappa shape index (κ2) is 5.44. The smallest absolute Gasteiger partial charge is 0.163 e. The average Bonchev–Trinajstić information content (AvgIpc) is 3.16. The van der Waals surface area contributed by atoms with Gasteiger partial charge >= 0.3 is 0 Å². The van der Waals surface area contributed by atoms with Gasteiger partial charge < -0.3 is 10.6 Å². The van der Waals surface area contributed by atoms with Crippen molar-refractivity contribution in [3.8, 4) is 0 Å². The van der Waals surface area contributed by atoms with E-state index in [1.807, 2.05) is 13.8 Å². The summed E-state index contributed by atoms with van der Waals surface area (Å²) in [5.74, 6) is 0.818. The Morgan fingerprint density at radius 1 is 1.43 bits per heavy atom. The highest BCUT2D eigenvalue weighted by molar-refractivity contribution is 7.09. The molecule has 110 valence electrons. The van der Waals surface area contributed by atoms with Crippen LogP contribution in [0.2, 0.25) is 0 Å². The lowest BCUT2D eigenvalue weighted by atomic mass is 10.1. The van der Waals surface area contributed by atoms with Crippen molar-refractivity contribution in [1.82, 2.24) is 10.2 Å². The van der Waals surface area contributed by atoms with Crippen LogP contribution in [0, 0.1) is 19.3 Å². The van der Waals surface area contributed by atoms with E-state index in [9.17, 15) is 0 Å². The number of nitrogens with zero attached hydrogens (tertiary/aromatic N) is 3. The Kier molecular flexibility index (Phi) is 3.63. The van der Waals surface area contributed by atoms with Gasteiger partial charge in [0.1, 0.15) is 5.84 Å². The van der Waals surface area contributed by atoms with Crippen LogP contribution >= 0.6 is 11.3 Å². The lowest BCUT2D eigenvalue weighted by Gasteiger charge is -2.25. The van der Waals surface area contributed by atoms with Crippen LogP contribution in [0.1, 0.15) is 34.5 Å². The van der Waals surface area contributed by atoms with Crippen LogP contribution in [0.15, 0.2) is 17.5 Å². The maximum Gasteiger partial charge on any atom is 0.163 e. The van der Waals surface area contributed by atoms with E-state index >= 15 is 0 Å². The number of rotatable bonds is 5. The van der Waals surface area contributed by atoms with E-state index in [0.29, 0.717) is 6.04 Å². The average molecular weight is 301 g/mol. The van der Waals surface area contributed by atoms with Gasteiger partial charge in [0.05, 0.1) is 17.8 Å². The summed E-state index contributed by atoms with van der Waals surface area (Å²) in [6, 6.07) is 4.67. The highest BCUT2D eigenvalue weighted by atomic mass is 32.1. The molecule has 0 aliphatic heterocycles. The van der Waals surface area contributed by atoms with Crippen LogP contribution < -0.4 is 10.6 Å². The minimum absolute atomic E-state index is 0.0670. The molecular formula is C15H19N5S. The molecule has 2 heterocycles. The Hall–Kier alpha value is -1.95. The molecule has 0 aromatic carbocycles. The van der Waals surface area contributed by atoms with Crippen LogP contribution in [0.25, 0.3) is 0 Å². The maximum atomic E-state index is 7.90. The van der Waals surface area contributed by atoms with Crippen LogP contribution in [0.5, 0.6) is 0 Å². The van der Waals surface area contributed by atoms with Crippen molar-refractivity contribution >= 4 is 23.0 Å². The van der Waals surface area contributed by atoms with Crippen LogP contribution in [0.3, 0.4) is 0 Å². The van der Waals surface area contributed by atoms with E-state index < -0.39 is 0 Å². The fourth-order valence-corrected chi connectivity index (χ4v) is 3.16. The molecule has 0 spiro atoms. The monoisotopic (exact) mass is 301 g/mol. The lowest BCUT2D eigenvalue weighted by Crippen LogP contribution is -2.30. The topological polar surface area (TPSA) is 78.9 Å². The summed E-state index contributed by atoms with van der Waals surface area (Å²) in [5, 5.41) is 18.6. The molecule has 0 amide bonds. The molecule has 0 radical (unpaired) electrons. The SMILES string of the molecule is Cc1nnc(N(Cc2cccs2)C2CC2)c(C(=N)N)c1C. The molecule has 21 heavy (non-hydrogen) atoms. The molecule has 2 aromatic heterocycles. The zero-order valence-corrected chi connectivity index (χ0v) is 13.1. The standard InChI is InChI=1S/C15H19N5S/c1-9-10(2)18-19-15(13(9)14(16)17)20(11-5-6-11)8-12-4-3-7-21-12/h3-4,7,11H,5-6,8H2,1-2H3,(H3,16,17). The fourth-order valence-electron chi connectivity index (χ4n) is 2.45. The van der Waals surface area contributed by atoms with Crippen LogP contribution in [0.4, 0.5) is 5.82 Å². The van der Waals surface area contributed by atoms with Gasteiger partial charge in [0.2, 0.25) is 0 Å².